The van der Waals surface area contributed by atoms with Gasteiger partial charge in [-0.15, -0.1) is 0 Å². The van der Waals surface area contributed by atoms with Crippen LogP contribution < -0.4 is 0 Å². The summed E-state index contributed by atoms with van der Waals surface area (Å²) in [6, 6.07) is 11.4. The molecule has 2 aromatic rings. The fraction of sp³-hybridized carbons (Fsp3) is 0.263. The molecule has 1 atom stereocenters. The maximum atomic E-state index is 12.6. The van der Waals surface area contributed by atoms with Crippen LogP contribution in [0.1, 0.15) is 17.4 Å². The monoisotopic (exact) mass is 340 g/mol. The molecule has 0 saturated carbocycles. The number of rotatable bonds is 5. The van der Waals surface area contributed by atoms with Crippen molar-refractivity contribution < 1.29 is 19.1 Å². The van der Waals surface area contributed by atoms with Gasteiger partial charge in [0.05, 0.1) is 11.8 Å². The smallest absolute Gasteiger partial charge is 0.295 e. The van der Waals surface area contributed by atoms with Crippen LogP contribution in [0.4, 0.5) is 0 Å². The van der Waals surface area contributed by atoms with Crippen molar-refractivity contribution in [3.05, 3.63) is 65.6 Å². The number of nitrogens with zero attached hydrogens (tertiary/aromatic N) is 2. The molecule has 1 amide bonds. The van der Waals surface area contributed by atoms with E-state index in [-0.39, 0.29) is 11.3 Å². The number of likely N-dealkylation sites (tertiary alicyclic amines) is 1. The van der Waals surface area contributed by atoms with Crippen LogP contribution >= 0.6 is 0 Å². The first-order valence-electron chi connectivity index (χ1n) is 8.02. The quantitative estimate of drug-likeness (QED) is 0.513. The summed E-state index contributed by atoms with van der Waals surface area (Å²) < 4.78 is 5.46. The van der Waals surface area contributed by atoms with Crippen molar-refractivity contribution in [3.63, 3.8) is 0 Å². The summed E-state index contributed by atoms with van der Waals surface area (Å²) in [6.07, 6.45) is 1.49. The summed E-state index contributed by atoms with van der Waals surface area (Å²) in [4.78, 5) is 28.5. The number of likely N-dealkylation sites (N-methyl/N-ethyl adjacent to an activating group) is 1. The number of benzene rings is 1. The van der Waals surface area contributed by atoms with Crippen molar-refractivity contribution in [3.8, 4) is 0 Å². The van der Waals surface area contributed by atoms with E-state index in [1.54, 1.807) is 36.4 Å². The van der Waals surface area contributed by atoms with Gasteiger partial charge in [0, 0.05) is 18.7 Å². The van der Waals surface area contributed by atoms with Crippen LogP contribution in [0.5, 0.6) is 0 Å². The number of hydrogen-bond donors (Lipinski definition) is 1. The molecule has 6 heteroatoms. The van der Waals surface area contributed by atoms with Gasteiger partial charge in [0.15, 0.2) is 0 Å². The van der Waals surface area contributed by atoms with Crippen LogP contribution in [-0.4, -0.2) is 53.8 Å². The molecule has 1 aliphatic rings. The summed E-state index contributed by atoms with van der Waals surface area (Å²) in [6.45, 7) is 0.949. The number of amides is 1. The second-order valence-electron chi connectivity index (χ2n) is 6.18. The van der Waals surface area contributed by atoms with Gasteiger partial charge in [-0.1, -0.05) is 30.3 Å². The fourth-order valence-electron chi connectivity index (χ4n) is 2.91. The normalized spacial score (nSPS) is 19.8. The van der Waals surface area contributed by atoms with Gasteiger partial charge < -0.3 is 19.3 Å². The highest BCUT2D eigenvalue weighted by Crippen LogP contribution is 2.39. The van der Waals surface area contributed by atoms with Gasteiger partial charge in [-0.2, -0.15) is 0 Å². The molecule has 1 aromatic carbocycles. The Labute approximate surface area is 146 Å². The van der Waals surface area contributed by atoms with E-state index >= 15 is 0 Å². The summed E-state index contributed by atoms with van der Waals surface area (Å²) in [5.74, 6) is -1.05. The molecule has 130 valence electrons. The number of Topliss-reactive ketones (excluding diaryl/α,β-unsaturated/α-hetero) is 1. The topological polar surface area (TPSA) is 74.0 Å². The number of carbonyl (C=O) groups is 2. The van der Waals surface area contributed by atoms with E-state index in [9.17, 15) is 14.7 Å². The Kier molecular flexibility index (Phi) is 4.72. The minimum Gasteiger partial charge on any atom is -0.507 e. The number of carbonyl (C=O) groups excluding carboxylic acids is 2. The van der Waals surface area contributed by atoms with Gasteiger partial charge in [0.25, 0.3) is 11.7 Å². The molecule has 1 aliphatic heterocycles. The van der Waals surface area contributed by atoms with Gasteiger partial charge in [0.1, 0.15) is 17.6 Å². The molecule has 1 saturated heterocycles. The van der Waals surface area contributed by atoms with E-state index in [0.29, 0.717) is 24.4 Å². The van der Waals surface area contributed by atoms with Crippen LogP contribution in [0.15, 0.2) is 58.7 Å². The van der Waals surface area contributed by atoms with Gasteiger partial charge in [-0.3, -0.25) is 9.59 Å². The van der Waals surface area contributed by atoms with Crippen molar-refractivity contribution >= 4 is 17.4 Å². The zero-order chi connectivity index (χ0) is 18.0. The van der Waals surface area contributed by atoms with Crippen molar-refractivity contribution in [2.75, 3.05) is 27.2 Å². The molecular formula is C19H20N2O4. The van der Waals surface area contributed by atoms with Gasteiger partial charge in [0.2, 0.25) is 0 Å². The molecule has 3 rings (SSSR count). The van der Waals surface area contributed by atoms with Gasteiger partial charge in [-0.05, 0) is 26.2 Å². The van der Waals surface area contributed by atoms with E-state index < -0.39 is 17.7 Å². The molecule has 0 unspecified atom stereocenters. The highest BCUT2D eigenvalue weighted by molar-refractivity contribution is 6.46. The van der Waals surface area contributed by atoms with Gasteiger partial charge >= 0.3 is 0 Å². The Morgan fingerprint density at radius 3 is 2.48 bits per heavy atom. The maximum absolute atomic E-state index is 12.6. The third-order valence-electron chi connectivity index (χ3n) is 4.19. The summed E-state index contributed by atoms with van der Waals surface area (Å²) in [5, 5.41) is 10.7. The van der Waals surface area contributed by atoms with Crippen LogP contribution in [0.3, 0.4) is 0 Å². The molecule has 6 nitrogen and oxygen atoms in total. The number of ketones is 1. The molecule has 1 N–H and O–H groups in total. The first-order chi connectivity index (χ1) is 12.0. The van der Waals surface area contributed by atoms with Crippen LogP contribution in [0.2, 0.25) is 0 Å². The maximum Gasteiger partial charge on any atom is 0.295 e. The first kappa shape index (κ1) is 17.0. The van der Waals surface area contributed by atoms with Crippen LogP contribution in [0.25, 0.3) is 5.76 Å². The number of furan rings is 1. The van der Waals surface area contributed by atoms with Crippen molar-refractivity contribution in [1.82, 2.24) is 9.80 Å². The minimum atomic E-state index is -0.727. The predicted octanol–water partition coefficient (Wildman–Crippen LogP) is 2.26. The SMILES string of the molecule is CN(C)CCN1C(=O)C(=O)C(=C(O)c2ccccc2)[C@@H]1c1ccco1. The molecule has 0 aliphatic carbocycles. The van der Waals surface area contributed by atoms with E-state index in [4.69, 9.17) is 4.42 Å². The van der Waals surface area contributed by atoms with Crippen molar-refractivity contribution in [2.45, 2.75) is 6.04 Å². The van der Waals surface area contributed by atoms with Gasteiger partial charge in [-0.25, -0.2) is 0 Å². The highest BCUT2D eigenvalue weighted by atomic mass is 16.3. The Bertz CT molecular complexity index is 794. The summed E-state index contributed by atoms with van der Waals surface area (Å²) in [5.41, 5.74) is 0.551. The summed E-state index contributed by atoms with van der Waals surface area (Å²) in [7, 11) is 3.78. The standard InChI is InChI=1S/C19H20N2O4/c1-20(2)10-11-21-16(14-9-6-12-25-14)15(18(23)19(21)24)17(22)13-7-4-3-5-8-13/h3-9,12,16,22H,10-11H2,1-2H3/t16-/m0/s1. The second kappa shape index (κ2) is 6.94. The average Bonchev–Trinajstić information content (AvgIpc) is 3.21. The van der Waals surface area contributed by atoms with Crippen LogP contribution in [-0.2, 0) is 9.59 Å². The van der Waals surface area contributed by atoms with E-state index in [2.05, 4.69) is 0 Å². The Balaban J connectivity index is 2.09. The lowest BCUT2D eigenvalue weighted by atomic mass is 9.99. The number of hydrogen-bond acceptors (Lipinski definition) is 5. The fourth-order valence-corrected chi connectivity index (χ4v) is 2.91. The van der Waals surface area contributed by atoms with E-state index in [0.717, 1.165) is 0 Å². The lowest BCUT2D eigenvalue weighted by Gasteiger charge is -2.24. The third-order valence-corrected chi connectivity index (χ3v) is 4.19. The average molecular weight is 340 g/mol. The highest BCUT2D eigenvalue weighted by Gasteiger charge is 2.47. The van der Waals surface area contributed by atoms with Crippen molar-refractivity contribution in [1.29, 1.82) is 0 Å². The van der Waals surface area contributed by atoms with E-state index in [1.165, 1.54) is 11.2 Å². The number of aliphatic hydroxyl groups excluding tert-OH is 1. The molecule has 2 heterocycles. The predicted molar refractivity (Wildman–Crippen MR) is 92.7 cm³/mol. The summed E-state index contributed by atoms with van der Waals surface area (Å²) >= 11 is 0. The third kappa shape index (κ3) is 3.21. The largest absolute Gasteiger partial charge is 0.507 e. The van der Waals surface area contributed by atoms with Crippen molar-refractivity contribution in [2.24, 2.45) is 0 Å². The molecule has 0 bridgehead atoms. The van der Waals surface area contributed by atoms with E-state index in [1.807, 2.05) is 25.1 Å². The first-order valence-corrected chi connectivity index (χ1v) is 8.02. The lowest BCUT2D eigenvalue weighted by molar-refractivity contribution is -0.140. The van der Waals surface area contributed by atoms with Crippen LogP contribution in [0, 0.1) is 0 Å². The number of aliphatic hydroxyl groups is 1. The molecule has 0 spiro atoms. The molecule has 1 aromatic heterocycles. The molecular weight excluding hydrogens is 320 g/mol. The lowest BCUT2D eigenvalue weighted by Crippen LogP contribution is -2.35. The zero-order valence-electron chi connectivity index (χ0n) is 14.2. The Morgan fingerprint density at radius 1 is 1.16 bits per heavy atom. The molecule has 25 heavy (non-hydrogen) atoms. The second-order valence-corrected chi connectivity index (χ2v) is 6.18. The zero-order valence-corrected chi connectivity index (χ0v) is 14.2. The molecule has 1 fully saturated rings. The Morgan fingerprint density at radius 2 is 1.88 bits per heavy atom. The Hall–Kier alpha value is -2.86. The molecule has 0 radical (unpaired) electrons. The minimum absolute atomic E-state index is 0.0601.